The zero-order valence-corrected chi connectivity index (χ0v) is 35.9. The van der Waals surface area contributed by atoms with Gasteiger partial charge in [-0.15, -0.1) is 0 Å². The third-order valence-corrected chi connectivity index (χ3v) is 12.0. The lowest BCUT2D eigenvalue weighted by Gasteiger charge is -2.37. The molecular weight excluding hydrogens is 839 g/mol. The van der Waals surface area contributed by atoms with E-state index >= 15 is 17.6 Å². The van der Waals surface area contributed by atoms with E-state index in [9.17, 15) is 4.79 Å². The van der Waals surface area contributed by atoms with Crippen LogP contribution in [0.25, 0.3) is 22.2 Å². The Labute approximate surface area is 360 Å². The number of piperidine rings is 1. The number of rotatable bonds is 8. The summed E-state index contributed by atoms with van der Waals surface area (Å²) in [4.78, 5) is 32.3. The average molecular weight is 884 g/mol. The summed E-state index contributed by atoms with van der Waals surface area (Å²) in [6.45, 7) is 7.80. The molecule has 3 aromatic carbocycles. The summed E-state index contributed by atoms with van der Waals surface area (Å²) in [5, 5.41) is -0.687. The second-order valence-corrected chi connectivity index (χ2v) is 17.3. The van der Waals surface area contributed by atoms with Gasteiger partial charge in [-0.05, 0) is 99.2 Å². The van der Waals surface area contributed by atoms with Gasteiger partial charge in [0.25, 0.3) is 0 Å². The van der Waals surface area contributed by atoms with Crippen molar-refractivity contribution in [1.29, 1.82) is 0 Å². The number of alkyl halides is 3. The molecule has 5 aromatic rings. The van der Waals surface area contributed by atoms with Gasteiger partial charge in [-0.3, -0.25) is 0 Å². The number of benzene rings is 3. The SMILES string of the molecule is COc1ccc(CN(Cc2ccc(OC)cc2)c2cc(C)c(C(F)(F)F)c(-c3c(Cl)c4c5c(nc(Cl)nc5c3F)N3C[C@H]5CC[C@H](CN5C(=O)OC(C)(C)C)[C@H]3CO4)n2)cc1. The smallest absolute Gasteiger partial charge is 0.418 e. The number of anilines is 2. The van der Waals surface area contributed by atoms with Crippen LogP contribution in [0.2, 0.25) is 10.3 Å². The predicted octanol–water partition coefficient (Wildman–Crippen LogP) is 10.3. The van der Waals surface area contributed by atoms with Crippen LogP contribution in [0.5, 0.6) is 17.2 Å². The lowest BCUT2D eigenvalue weighted by atomic mass is 9.90. The van der Waals surface area contributed by atoms with E-state index in [1.165, 1.54) is 13.0 Å². The first kappa shape index (κ1) is 42.4. The van der Waals surface area contributed by atoms with Crippen LogP contribution < -0.4 is 24.0 Å². The lowest BCUT2D eigenvalue weighted by molar-refractivity contribution is -0.137. The fraction of sp³-hybridized carbons (Fsp3) is 0.409. The standard InChI is InChI=1S/C44H44Cl2F4N6O5/c1-23-17-31(54(18-24-7-13-28(58-5)14-8-24)19-25-9-15-29(59-6)16-10-25)51-37(34(23)44(48,49)50)32-35(45)39-33-38(36(32)47)52-41(46)53-40(33)56-21-27-12-11-26(30(56)22-60-39)20-55(27)42(57)61-43(2,3)4/h7-10,13-17,26-27,30H,11-12,18-22H2,1-6H3/t26-,27-,30-/m1/s1. The van der Waals surface area contributed by atoms with E-state index in [1.807, 2.05) is 29.2 Å². The van der Waals surface area contributed by atoms with Crippen LogP contribution in [0.4, 0.5) is 34.0 Å². The maximum atomic E-state index is 17.5. The van der Waals surface area contributed by atoms with Crippen molar-refractivity contribution in [1.82, 2.24) is 19.9 Å². The number of ether oxygens (including phenoxy) is 4. The third-order valence-electron chi connectivity index (χ3n) is 11.4. The molecule has 11 nitrogen and oxygen atoms in total. The summed E-state index contributed by atoms with van der Waals surface area (Å²) in [6, 6.07) is 15.2. The molecule has 4 aliphatic rings. The Hall–Kier alpha value is -5.28. The Morgan fingerprint density at radius 1 is 0.918 bits per heavy atom. The number of carbonyl (C=O) groups is 1. The van der Waals surface area contributed by atoms with Gasteiger partial charge in [0.05, 0.1) is 53.5 Å². The maximum absolute atomic E-state index is 17.5. The topological polar surface area (TPSA) is 102 Å². The van der Waals surface area contributed by atoms with E-state index in [1.54, 1.807) is 69.1 Å². The van der Waals surface area contributed by atoms with Gasteiger partial charge < -0.3 is 33.6 Å². The highest BCUT2D eigenvalue weighted by Gasteiger charge is 2.47. The third kappa shape index (κ3) is 8.26. The van der Waals surface area contributed by atoms with Crippen molar-refractivity contribution >= 4 is 51.8 Å². The van der Waals surface area contributed by atoms with Gasteiger partial charge in [-0.25, -0.2) is 19.2 Å². The summed E-state index contributed by atoms with van der Waals surface area (Å²) in [7, 11) is 3.11. The predicted molar refractivity (Wildman–Crippen MR) is 224 cm³/mol. The zero-order chi connectivity index (χ0) is 43.5. The molecule has 9 rings (SSSR count). The van der Waals surface area contributed by atoms with Crippen LogP contribution in [-0.4, -0.2) is 77.5 Å². The number of amides is 1. The molecule has 0 spiro atoms. The molecule has 61 heavy (non-hydrogen) atoms. The largest absolute Gasteiger partial charge is 0.497 e. The van der Waals surface area contributed by atoms with E-state index in [2.05, 4.69) is 15.0 Å². The quantitative estimate of drug-likeness (QED) is 0.111. The van der Waals surface area contributed by atoms with Crippen molar-refractivity contribution in [3.05, 3.63) is 93.0 Å². The number of hydrogen-bond acceptors (Lipinski definition) is 10. The normalized spacial score (nSPS) is 18.6. The molecule has 3 atom stereocenters. The fourth-order valence-corrected chi connectivity index (χ4v) is 9.10. The van der Waals surface area contributed by atoms with Crippen molar-refractivity contribution in [2.75, 3.05) is 43.7 Å². The van der Waals surface area contributed by atoms with Crippen molar-refractivity contribution in [2.45, 2.75) is 77.5 Å². The molecule has 3 saturated heterocycles. The molecule has 0 aliphatic carbocycles. The van der Waals surface area contributed by atoms with Crippen molar-refractivity contribution in [3.8, 4) is 28.5 Å². The molecular formula is C44H44Cl2F4N6O5. The Morgan fingerprint density at radius 3 is 2.11 bits per heavy atom. The van der Waals surface area contributed by atoms with Crippen LogP contribution in [0.1, 0.15) is 55.9 Å². The van der Waals surface area contributed by atoms with Crippen molar-refractivity contribution < 1.29 is 41.3 Å². The Morgan fingerprint density at radius 2 is 1.54 bits per heavy atom. The van der Waals surface area contributed by atoms with E-state index in [4.69, 9.17) is 42.1 Å². The van der Waals surface area contributed by atoms with Crippen LogP contribution in [0, 0.1) is 18.7 Å². The van der Waals surface area contributed by atoms with Gasteiger partial charge >= 0.3 is 12.3 Å². The number of fused-ring (bicyclic) bond motifs is 2. The number of carbonyl (C=O) groups excluding carboxylic acids is 1. The summed E-state index contributed by atoms with van der Waals surface area (Å²) in [5.74, 6) is 0.224. The minimum Gasteiger partial charge on any atom is -0.497 e. The van der Waals surface area contributed by atoms with Gasteiger partial charge in [0.1, 0.15) is 40.9 Å². The molecule has 2 bridgehead atoms. The van der Waals surface area contributed by atoms with Crippen LogP contribution in [0.15, 0.2) is 54.6 Å². The molecule has 17 heteroatoms. The summed E-state index contributed by atoms with van der Waals surface area (Å²) < 4.78 is 86.2. The van der Waals surface area contributed by atoms with Crippen LogP contribution in [0.3, 0.4) is 0 Å². The van der Waals surface area contributed by atoms with Crippen molar-refractivity contribution in [2.24, 2.45) is 5.92 Å². The molecule has 2 aromatic heterocycles. The fourth-order valence-electron chi connectivity index (χ4n) is 8.61. The minimum absolute atomic E-state index is 0.00351. The van der Waals surface area contributed by atoms with Crippen LogP contribution in [-0.2, 0) is 24.0 Å². The zero-order valence-electron chi connectivity index (χ0n) is 34.4. The molecule has 1 amide bonds. The minimum atomic E-state index is -4.98. The number of halogens is 6. The molecule has 6 heterocycles. The van der Waals surface area contributed by atoms with Gasteiger partial charge in [0.15, 0.2) is 11.6 Å². The Balaban J connectivity index is 1.28. The van der Waals surface area contributed by atoms with E-state index < -0.39 is 45.5 Å². The highest BCUT2D eigenvalue weighted by Crippen LogP contribution is 2.52. The highest BCUT2D eigenvalue weighted by molar-refractivity contribution is 6.37. The number of methoxy groups -OCH3 is 2. The lowest BCUT2D eigenvalue weighted by Crippen LogP contribution is -2.49. The second-order valence-electron chi connectivity index (χ2n) is 16.6. The Bertz CT molecular complexity index is 2440. The van der Waals surface area contributed by atoms with Gasteiger partial charge in [-0.2, -0.15) is 18.2 Å². The van der Waals surface area contributed by atoms with Crippen molar-refractivity contribution in [3.63, 3.8) is 0 Å². The number of hydrogen-bond donors (Lipinski definition) is 0. The maximum Gasteiger partial charge on any atom is 0.418 e. The molecule has 0 radical (unpaired) electrons. The van der Waals surface area contributed by atoms with Gasteiger partial charge in [0, 0.05) is 32.1 Å². The molecule has 0 N–H and O–H groups in total. The summed E-state index contributed by atoms with van der Waals surface area (Å²) >= 11 is 13.7. The van der Waals surface area contributed by atoms with Gasteiger partial charge in [-0.1, -0.05) is 35.9 Å². The second kappa shape index (κ2) is 16.2. The number of pyridine rings is 1. The molecule has 3 fully saturated rings. The van der Waals surface area contributed by atoms with Crippen LogP contribution >= 0.6 is 23.2 Å². The Kier molecular flexibility index (Phi) is 11.3. The average Bonchev–Trinajstić information content (AvgIpc) is 3.55. The monoisotopic (exact) mass is 882 g/mol. The highest BCUT2D eigenvalue weighted by atomic mass is 35.5. The van der Waals surface area contributed by atoms with E-state index in [0.29, 0.717) is 24.5 Å². The summed E-state index contributed by atoms with van der Waals surface area (Å²) in [6.07, 6.45) is -4.00. The molecule has 4 aliphatic heterocycles. The first-order valence-electron chi connectivity index (χ1n) is 19.8. The first-order chi connectivity index (χ1) is 28.9. The van der Waals surface area contributed by atoms with E-state index in [0.717, 1.165) is 17.5 Å². The summed E-state index contributed by atoms with van der Waals surface area (Å²) in [5.41, 5.74) is -2.20. The number of aryl methyl sites for hydroxylation is 1. The van der Waals surface area contributed by atoms with Gasteiger partial charge in [0.2, 0.25) is 5.28 Å². The molecule has 322 valence electrons. The first-order valence-corrected chi connectivity index (χ1v) is 20.6. The molecule has 0 unspecified atom stereocenters. The van der Waals surface area contributed by atoms with E-state index in [-0.39, 0.29) is 83.4 Å². The molecule has 0 saturated carbocycles. The number of aromatic nitrogens is 3. The number of nitrogens with zero attached hydrogens (tertiary/aromatic N) is 6.